The van der Waals surface area contributed by atoms with E-state index in [1.807, 2.05) is 24.3 Å². The van der Waals surface area contributed by atoms with Crippen LogP contribution in [0.1, 0.15) is 34.1 Å². The lowest BCUT2D eigenvalue weighted by molar-refractivity contribution is -0.124. The van der Waals surface area contributed by atoms with Crippen molar-refractivity contribution in [2.24, 2.45) is 11.8 Å². The monoisotopic (exact) mass is 342 g/mol. The van der Waals surface area contributed by atoms with E-state index < -0.39 is 0 Å². The molecule has 1 aliphatic heterocycles. The van der Waals surface area contributed by atoms with Crippen molar-refractivity contribution in [2.45, 2.75) is 11.8 Å². The summed E-state index contributed by atoms with van der Waals surface area (Å²) in [5, 5.41) is 8.72. The smallest absolute Gasteiger partial charge is 0.253 e. The van der Waals surface area contributed by atoms with Gasteiger partial charge in [0.25, 0.3) is 11.8 Å². The molecule has 4 aliphatic rings. The molecular formula is C20H14N4O2. The first-order chi connectivity index (χ1) is 12.8. The Hall–Kier alpha value is -3.28. The fourth-order valence-corrected chi connectivity index (χ4v) is 5.19. The first kappa shape index (κ1) is 13.9. The van der Waals surface area contributed by atoms with Crippen LogP contribution in [0.4, 0.5) is 0 Å². The number of carbonyl (C=O) groups excluding carboxylic acids is 2. The van der Waals surface area contributed by atoms with E-state index in [-0.39, 0.29) is 35.5 Å². The number of amides is 2. The number of aromatic nitrogens is 3. The predicted molar refractivity (Wildman–Crippen MR) is 91.8 cm³/mol. The third-order valence-corrected chi connectivity index (χ3v) is 6.06. The molecule has 2 heterocycles. The molecule has 2 atom stereocenters. The molecule has 0 N–H and O–H groups in total. The Morgan fingerprint density at radius 2 is 1.04 bits per heavy atom. The third-order valence-electron chi connectivity index (χ3n) is 6.06. The Bertz CT molecular complexity index is 959. The number of rotatable bonds is 1. The van der Waals surface area contributed by atoms with Gasteiger partial charge in [0, 0.05) is 11.8 Å². The van der Waals surface area contributed by atoms with Crippen LogP contribution in [-0.4, -0.2) is 26.7 Å². The minimum atomic E-state index is -0.375. The van der Waals surface area contributed by atoms with Crippen molar-refractivity contribution in [1.29, 1.82) is 0 Å². The highest BCUT2D eigenvalue weighted by Crippen LogP contribution is 2.60. The van der Waals surface area contributed by atoms with Gasteiger partial charge in [0.05, 0.1) is 11.8 Å². The van der Waals surface area contributed by atoms with Crippen LogP contribution in [0, 0.1) is 11.8 Å². The summed E-state index contributed by atoms with van der Waals surface area (Å²) in [6.07, 6.45) is 2.80. The summed E-state index contributed by atoms with van der Waals surface area (Å²) in [4.78, 5) is 26.6. The molecule has 1 saturated heterocycles. The van der Waals surface area contributed by atoms with Crippen molar-refractivity contribution >= 4 is 11.8 Å². The van der Waals surface area contributed by atoms with Crippen molar-refractivity contribution in [3.05, 3.63) is 83.4 Å². The van der Waals surface area contributed by atoms with Crippen molar-refractivity contribution in [3.8, 4) is 0 Å². The van der Waals surface area contributed by atoms with Crippen LogP contribution in [0.5, 0.6) is 0 Å². The van der Waals surface area contributed by atoms with Crippen LogP contribution in [0.3, 0.4) is 0 Å². The molecule has 0 spiro atoms. The summed E-state index contributed by atoms with van der Waals surface area (Å²) in [5.41, 5.74) is 4.68. The van der Waals surface area contributed by atoms with E-state index in [2.05, 4.69) is 34.5 Å². The highest BCUT2D eigenvalue weighted by atomic mass is 16.2. The van der Waals surface area contributed by atoms with Gasteiger partial charge in [-0.05, 0) is 22.3 Å². The maximum absolute atomic E-state index is 13.3. The molecule has 1 aromatic heterocycles. The van der Waals surface area contributed by atoms with Gasteiger partial charge < -0.3 is 0 Å². The number of carbonyl (C=O) groups is 2. The zero-order valence-corrected chi connectivity index (χ0v) is 13.7. The minimum absolute atomic E-state index is 0.0877. The summed E-state index contributed by atoms with van der Waals surface area (Å²) in [6, 6.07) is 16.4. The second-order valence-electron chi connectivity index (χ2n) is 7.09. The lowest BCUT2D eigenvalue weighted by Crippen LogP contribution is -2.41. The van der Waals surface area contributed by atoms with E-state index in [9.17, 15) is 9.59 Å². The van der Waals surface area contributed by atoms with Gasteiger partial charge in [0.15, 0.2) is 0 Å². The fourth-order valence-electron chi connectivity index (χ4n) is 5.19. The minimum Gasteiger partial charge on any atom is -0.272 e. The second kappa shape index (κ2) is 4.66. The number of nitrogens with zero attached hydrogens (tertiary/aromatic N) is 4. The van der Waals surface area contributed by atoms with E-state index in [1.54, 1.807) is 0 Å². The lowest BCUT2D eigenvalue weighted by Gasteiger charge is -2.45. The maximum Gasteiger partial charge on any atom is 0.253 e. The first-order valence-electron chi connectivity index (χ1n) is 8.68. The molecule has 1 fully saturated rings. The van der Waals surface area contributed by atoms with Crippen LogP contribution in [0.15, 0.2) is 61.2 Å². The fraction of sp³-hybridized carbons (Fsp3) is 0.200. The summed E-state index contributed by atoms with van der Waals surface area (Å²) in [7, 11) is 0. The number of hydrogen-bond acceptors (Lipinski definition) is 4. The topological polar surface area (TPSA) is 68.1 Å². The van der Waals surface area contributed by atoms with Crippen LogP contribution in [0.2, 0.25) is 0 Å². The lowest BCUT2D eigenvalue weighted by atomic mass is 9.55. The molecular weight excluding hydrogens is 328 g/mol. The molecule has 3 aromatic rings. The Balaban J connectivity index is 1.62. The van der Waals surface area contributed by atoms with Crippen molar-refractivity contribution in [2.75, 3.05) is 5.01 Å². The molecule has 6 heteroatoms. The SMILES string of the molecule is O=C1[C@@H]2C3c4ccccc4C(c4ccccc43)[C@H]2C(=O)N1n1cnnc1. The van der Waals surface area contributed by atoms with Gasteiger partial charge in [-0.1, -0.05) is 48.5 Å². The molecule has 26 heavy (non-hydrogen) atoms. The van der Waals surface area contributed by atoms with Crippen LogP contribution < -0.4 is 5.01 Å². The third kappa shape index (κ3) is 1.48. The molecule has 0 unspecified atom stereocenters. The quantitative estimate of drug-likeness (QED) is 0.633. The first-order valence-corrected chi connectivity index (χ1v) is 8.68. The Kier molecular flexibility index (Phi) is 2.50. The summed E-state index contributed by atoms with van der Waals surface area (Å²) in [5.74, 6) is -1.26. The highest BCUT2D eigenvalue weighted by Gasteiger charge is 2.62. The summed E-state index contributed by atoms with van der Waals surface area (Å²) in [6.45, 7) is 0. The molecule has 7 rings (SSSR count). The van der Waals surface area contributed by atoms with E-state index in [4.69, 9.17) is 0 Å². The van der Waals surface area contributed by atoms with Crippen molar-refractivity contribution in [1.82, 2.24) is 14.9 Å². The molecule has 3 aliphatic carbocycles. The Labute approximate surface area is 149 Å². The molecule has 2 aromatic carbocycles. The van der Waals surface area contributed by atoms with Gasteiger partial charge in [0.1, 0.15) is 12.7 Å². The zero-order chi connectivity index (χ0) is 17.4. The van der Waals surface area contributed by atoms with Crippen molar-refractivity contribution in [3.63, 3.8) is 0 Å². The van der Waals surface area contributed by atoms with Gasteiger partial charge in [-0.15, -0.1) is 10.2 Å². The number of imide groups is 1. The van der Waals surface area contributed by atoms with Crippen LogP contribution >= 0.6 is 0 Å². The Morgan fingerprint density at radius 1 is 0.654 bits per heavy atom. The standard InChI is InChI=1S/C20H14N4O2/c25-19-17-15-11-5-1-2-6-12(11)16(14-8-4-3-7-13(14)15)18(17)20(26)24(19)23-9-21-22-10-23/h1-10,15-18H/t15?,16?,17-,18-/m1/s1. The zero-order valence-electron chi connectivity index (χ0n) is 13.7. The van der Waals surface area contributed by atoms with Crippen LogP contribution in [0.25, 0.3) is 0 Å². The number of hydrogen-bond donors (Lipinski definition) is 0. The number of benzene rings is 2. The molecule has 6 nitrogen and oxygen atoms in total. The molecule has 2 amide bonds. The molecule has 0 radical (unpaired) electrons. The van der Waals surface area contributed by atoms with Gasteiger partial charge in [-0.2, -0.15) is 5.01 Å². The summed E-state index contributed by atoms with van der Waals surface area (Å²) >= 11 is 0. The highest BCUT2D eigenvalue weighted by molar-refractivity contribution is 6.18. The Morgan fingerprint density at radius 3 is 1.42 bits per heavy atom. The molecule has 0 saturated carbocycles. The summed E-state index contributed by atoms with van der Waals surface area (Å²) < 4.78 is 1.40. The van der Waals surface area contributed by atoms with Gasteiger partial charge in [-0.25, -0.2) is 4.68 Å². The van der Waals surface area contributed by atoms with Crippen LogP contribution in [-0.2, 0) is 9.59 Å². The van der Waals surface area contributed by atoms with Crippen molar-refractivity contribution < 1.29 is 9.59 Å². The average Bonchev–Trinajstić information content (AvgIpc) is 3.29. The van der Waals surface area contributed by atoms with Gasteiger partial charge >= 0.3 is 0 Å². The average molecular weight is 342 g/mol. The van der Waals surface area contributed by atoms with E-state index in [0.29, 0.717) is 0 Å². The maximum atomic E-state index is 13.3. The molecule has 2 bridgehead atoms. The second-order valence-corrected chi connectivity index (χ2v) is 7.09. The van der Waals surface area contributed by atoms with E-state index in [1.165, 1.54) is 44.6 Å². The van der Waals surface area contributed by atoms with Gasteiger partial charge in [0.2, 0.25) is 0 Å². The largest absolute Gasteiger partial charge is 0.272 e. The van der Waals surface area contributed by atoms with E-state index >= 15 is 0 Å². The predicted octanol–water partition coefficient (Wildman–Crippen LogP) is 1.81. The van der Waals surface area contributed by atoms with E-state index in [0.717, 1.165) is 0 Å². The normalized spacial score (nSPS) is 28.1. The molecule has 126 valence electrons. The van der Waals surface area contributed by atoms with Gasteiger partial charge in [-0.3, -0.25) is 9.59 Å².